The van der Waals surface area contributed by atoms with E-state index in [1.165, 1.54) is 22.3 Å². The number of rotatable bonds is 2. The Morgan fingerprint density at radius 3 is 2.84 bits per heavy atom. The van der Waals surface area contributed by atoms with Crippen molar-refractivity contribution >= 4 is 0 Å². The van der Waals surface area contributed by atoms with Crippen molar-refractivity contribution in [3.05, 3.63) is 41.2 Å². The average molecular weight is 255 g/mol. The van der Waals surface area contributed by atoms with E-state index in [-0.39, 0.29) is 6.04 Å². The van der Waals surface area contributed by atoms with Crippen LogP contribution in [0, 0.1) is 6.92 Å². The van der Waals surface area contributed by atoms with Gasteiger partial charge < -0.3 is 5.73 Å². The van der Waals surface area contributed by atoms with E-state index in [0.717, 1.165) is 18.5 Å². The van der Waals surface area contributed by atoms with Crippen molar-refractivity contribution in [1.82, 2.24) is 9.78 Å². The van der Waals surface area contributed by atoms with Gasteiger partial charge in [0.05, 0.1) is 5.69 Å². The fraction of sp³-hybridized carbons (Fsp3) is 0.438. The van der Waals surface area contributed by atoms with Crippen LogP contribution in [-0.4, -0.2) is 9.78 Å². The second-order valence-corrected chi connectivity index (χ2v) is 5.76. The molecule has 0 radical (unpaired) electrons. The molecule has 1 heterocycles. The molecule has 100 valence electrons. The zero-order chi connectivity index (χ0) is 13.6. The summed E-state index contributed by atoms with van der Waals surface area (Å²) in [5.41, 5.74) is 12.4. The zero-order valence-corrected chi connectivity index (χ0v) is 11.9. The minimum absolute atomic E-state index is 0.225. The molecule has 1 aromatic heterocycles. The lowest BCUT2D eigenvalue weighted by atomic mass is 10.0. The highest BCUT2D eigenvalue weighted by atomic mass is 15.3. The number of fused-ring (bicyclic) bond motifs is 1. The van der Waals surface area contributed by atoms with Crippen molar-refractivity contribution in [2.24, 2.45) is 5.73 Å². The minimum Gasteiger partial charge on any atom is -0.324 e. The van der Waals surface area contributed by atoms with Crippen LogP contribution in [0.1, 0.15) is 49.2 Å². The third-order valence-electron chi connectivity index (χ3n) is 4.02. The normalized spacial score (nSPS) is 18.1. The number of hydrogen-bond donors (Lipinski definition) is 1. The molecule has 1 aliphatic rings. The molecule has 3 rings (SSSR count). The number of nitrogens with two attached hydrogens (primary N) is 1. The van der Waals surface area contributed by atoms with Gasteiger partial charge in [0, 0.05) is 23.8 Å². The largest absolute Gasteiger partial charge is 0.324 e. The predicted molar refractivity (Wildman–Crippen MR) is 78.0 cm³/mol. The lowest BCUT2D eigenvalue weighted by molar-refractivity contribution is 0.529. The molecule has 1 atom stereocenters. The summed E-state index contributed by atoms with van der Waals surface area (Å²) in [5.74, 6) is 0. The first-order valence-electron chi connectivity index (χ1n) is 7.01. The number of aryl methyl sites for hydroxylation is 2. The highest BCUT2D eigenvalue weighted by Gasteiger charge is 2.20. The van der Waals surface area contributed by atoms with E-state index in [2.05, 4.69) is 50.3 Å². The van der Waals surface area contributed by atoms with Gasteiger partial charge in [0.2, 0.25) is 0 Å². The van der Waals surface area contributed by atoms with Crippen LogP contribution in [0.25, 0.3) is 11.1 Å². The van der Waals surface area contributed by atoms with E-state index >= 15 is 0 Å². The molecule has 0 aliphatic heterocycles. The first kappa shape index (κ1) is 12.4. The monoisotopic (exact) mass is 255 g/mol. The van der Waals surface area contributed by atoms with E-state index in [4.69, 9.17) is 5.73 Å². The summed E-state index contributed by atoms with van der Waals surface area (Å²) in [5, 5.41) is 4.59. The topological polar surface area (TPSA) is 43.8 Å². The van der Waals surface area contributed by atoms with Crippen molar-refractivity contribution < 1.29 is 0 Å². The van der Waals surface area contributed by atoms with Crippen LogP contribution in [-0.2, 0) is 6.42 Å². The van der Waals surface area contributed by atoms with Gasteiger partial charge in [0.1, 0.15) is 0 Å². The highest BCUT2D eigenvalue weighted by Crippen LogP contribution is 2.33. The summed E-state index contributed by atoms with van der Waals surface area (Å²) < 4.78 is 2.03. The molecule has 2 aromatic rings. The molecule has 0 fully saturated rings. The Labute approximate surface area is 114 Å². The molecule has 0 amide bonds. The van der Waals surface area contributed by atoms with Gasteiger partial charge in [0.25, 0.3) is 0 Å². The molecule has 1 unspecified atom stereocenters. The van der Waals surface area contributed by atoms with Crippen molar-refractivity contribution in [1.29, 1.82) is 0 Å². The summed E-state index contributed by atoms with van der Waals surface area (Å²) in [7, 11) is 0. The first-order valence-corrected chi connectivity index (χ1v) is 7.01. The van der Waals surface area contributed by atoms with Crippen LogP contribution >= 0.6 is 0 Å². The van der Waals surface area contributed by atoms with Gasteiger partial charge in [-0.3, -0.25) is 4.68 Å². The van der Waals surface area contributed by atoms with Crippen molar-refractivity contribution in [3.8, 4) is 11.1 Å². The van der Waals surface area contributed by atoms with E-state index in [1.54, 1.807) is 0 Å². The Morgan fingerprint density at radius 2 is 2.16 bits per heavy atom. The summed E-state index contributed by atoms with van der Waals surface area (Å²) in [6, 6.07) is 7.28. The fourth-order valence-electron chi connectivity index (χ4n) is 2.85. The third kappa shape index (κ3) is 2.08. The second-order valence-electron chi connectivity index (χ2n) is 5.76. The van der Waals surface area contributed by atoms with Crippen LogP contribution in [0.2, 0.25) is 0 Å². The quantitative estimate of drug-likeness (QED) is 0.894. The average Bonchev–Trinajstić information content (AvgIpc) is 2.93. The van der Waals surface area contributed by atoms with Crippen LogP contribution < -0.4 is 5.73 Å². The van der Waals surface area contributed by atoms with Crippen molar-refractivity contribution in [3.63, 3.8) is 0 Å². The minimum atomic E-state index is 0.225. The Balaban J connectivity index is 2.03. The molecule has 19 heavy (non-hydrogen) atoms. The molecule has 0 saturated heterocycles. The molecule has 0 saturated carbocycles. The smallest absolute Gasteiger partial charge is 0.0672 e. The number of aromatic nitrogens is 2. The van der Waals surface area contributed by atoms with Crippen LogP contribution in [0.3, 0.4) is 0 Å². The maximum atomic E-state index is 6.09. The lowest BCUT2D eigenvalue weighted by Gasteiger charge is -2.07. The maximum Gasteiger partial charge on any atom is 0.0672 e. The van der Waals surface area contributed by atoms with Gasteiger partial charge in [-0.25, -0.2) is 0 Å². The molecular formula is C16H21N3. The van der Waals surface area contributed by atoms with Gasteiger partial charge in [0.15, 0.2) is 0 Å². The van der Waals surface area contributed by atoms with Crippen LogP contribution in [0.15, 0.2) is 24.4 Å². The molecule has 1 aromatic carbocycles. The Kier molecular flexibility index (Phi) is 2.94. The van der Waals surface area contributed by atoms with Crippen LogP contribution in [0.5, 0.6) is 0 Å². The van der Waals surface area contributed by atoms with Gasteiger partial charge in [-0.1, -0.05) is 18.2 Å². The first-order chi connectivity index (χ1) is 9.06. The molecule has 2 N–H and O–H groups in total. The van der Waals surface area contributed by atoms with E-state index in [0.29, 0.717) is 6.04 Å². The van der Waals surface area contributed by atoms with Gasteiger partial charge in [-0.2, -0.15) is 5.10 Å². The zero-order valence-electron chi connectivity index (χ0n) is 11.9. The fourth-order valence-corrected chi connectivity index (χ4v) is 2.85. The SMILES string of the molecule is Cc1nn(C(C)C)cc1-c1ccc2c(c1)CCC2N. The van der Waals surface area contributed by atoms with Gasteiger partial charge in [-0.15, -0.1) is 0 Å². The Bertz CT molecular complexity index is 610. The van der Waals surface area contributed by atoms with Gasteiger partial charge in [-0.05, 0) is 50.3 Å². The standard InChI is InChI=1S/C16H21N3/c1-10(2)19-9-15(11(3)18-19)13-4-6-14-12(8-13)5-7-16(14)17/h4,6,8-10,16H,5,7,17H2,1-3H3. The summed E-state index contributed by atoms with van der Waals surface area (Å²) in [4.78, 5) is 0. The molecule has 0 bridgehead atoms. The molecule has 1 aliphatic carbocycles. The molecular weight excluding hydrogens is 234 g/mol. The molecule has 0 spiro atoms. The van der Waals surface area contributed by atoms with Crippen molar-refractivity contribution in [2.75, 3.05) is 0 Å². The highest BCUT2D eigenvalue weighted by molar-refractivity contribution is 5.67. The number of nitrogens with zero attached hydrogens (tertiary/aromatic N) is 2. The molecule has 3 heteroatoms. The predicted octanol–water partition coefficient (Wildman–Crippen LogP) is 3.39. The van der Waals surface area contributed by atoms with E-state index in [1.807, 2.05) is 4.68 Å². The summed E-state index contributed by atoms with van der Waals surface area (Å²) >= 11 is 0. The third-order valence-corrected chi connectivity index (χ3v) is 4.02. The van der Waals surface area contributed by atoms with Crippen molar-refractivity contribution in [2.45, 2.75) is 45.7 Å². The Morgan fingerprint density at radius 1 is 1.37 bits per heavy atom. The van der Waals surface area contributed by atoms with Crippen LogP contribution in [0.4, 0.5) is 0 Å². The molecule has 3 nitrogen and oxygen atoms in total. The number of benzene rings is 1. The number of hydrogen-bond acceptors (Lipinski definition) is 2. The van der Waals surface area contributed by atoms with E-state index in [9.17, 15) is 0 Å². The maximum absolute atomic E-state index is 6.09. The van der Waals surface area contributed by atoms with Gasteiger partial charge >= 0.3 is 0 Å². The lowest BCUT2D eigenvalue weighted by Crippen LogP contribution is -2.04. The summed E-state index contributed by atoms with van der Waals surface area (Å²) in [6.07, 6.45) is 4.32. The second kappa shape index (κ2) is 4.49. The Hall–Kier alpha value is -1.61. The summed E-state index contributed by atoms with van der Waals surface area (Å²) in [6.45, 7) is 6.38. The van der Waals surface area contributed by atoms with E-state index < -0.39 is 0 Å².